The molecule has 1 aliphatic heterocycles. The van der Waals surface area contributed by atoms with Crippen molar-refractivity contribution in [2.45, 2.75) is 64.6 Å². The third-order valence-electron chi connectivity index (χ3n) is 7.40. The van der Waals surface area contributed by atoms with Crippen LogP contribution in [0.1, 0.15) is 61.9 Å². The number of Topliss-reactive ketones (excluding diaryl/α,β-unsaturated/α-hetero) is 1. The topological polar surface area (TPSA) is 90.5 Å². The first-order valence-electron chi connectivity index (χ1n) is 13.6. The van der Waals surface area contributed by atoms with Gasteiger partial charge >= 0.3 is 0 Å². The van der Waals surface area contributed by atoms with Gasteiger partial charge in [-0.15, -0.1) is 0 Å². The van der Waals surface area contributed by atoms with Gasteiger partial charge in [-0.1, -0.05) is 63.1 Å². The van der Waals surface area contributed by atoms with Crippen molar-refractivity contribution in [3.05, 3.63) is 65.7 Å². The molecule has 3 N–H and O–H groups in total. The lowest BCUT2D eigenvalue weighted by molar-refractivity contribution is -0.132. The molecule has 2 aliphatic rings. The van der Waals surface area contributed by atoms with E-state index >= 15 is 0 Å². The third kappa shape index (κ3) is 7.41. The normalized spacial score (nSPS) is 20.7. The number of hydrogen-bond donors (Lipinski definition) is 3. The maximum atomic E-state index is 13.5. The number of amides is 2. The zero-order chi connectivity index (χ0) is 26.2. The summed E-state index contributed by atoms with van der Waals surface area (Å²) in [6, 6.07) is 16.5. The van der Waals surface area contributed by atoms with Gasteiger partial charge in [0.1, 0.15) is 0 Å². The van der Waals surface area contributed by atoms with E-state index in [9.17, 15) is 14.4 Å². The Bertz CT molecular complexity index is 1070. The van der Waals surface area contributed by atoms with E-state index in [4.69, 9.17) is 0 Å². The highest BCUT2D eigenvalue weighted by molar-refractivity contribution is 5.95. The summed E-state index contributed by atoms with van der Waals surface area (Å²) in [7, 11) is 0. The summed E-state index contributed by atoms with van der Waals surface area (Å²) in [4.78, 5) is 41.9. The summed E-state index contributed by atoms with van der Waals surface area (Å²) in [5, 5.41) is 9.63. The molecule has 0 radical (unpaired) electrons. The van der Waals surface area contributed by atoms with Crippen molar-refractivity contribution in [3.8, 4) is 0 Å². The quantitative estimate of drug-likeness (QED) is 0.480. The van der Waals surface area contributed by atoms with Crippen molar-refractivity contribution in [1.29, 1.82) is 0 Å². The summed E-state index contributed by atoms with van der Waals surface area (Å²) >= 11 is 0. The molecule has 0 spiro atoms. The SMILES string of the molecule is CC(C)C[C@H](NC(=O)[C@@H]1CCCC[C@@H]1NC(=O)c1ccccc1)C(=O)CN1CCNc2ccccc2C1. The molecule has 1 aliphatic carbocycles. The molecule has 4 rings (SSSR count). The molecule has 2 amide bonds. The van der Waals surface area contributed by atoms with Gasteiger partial charge in [-0.3, -0.25) is 19.3 Å². The van der Waals surface area contributed by atoms with Crippen LogP contribution in [0.4, 0.5) is 5.69 Å². The number of rotatable bonds is 9. The standard InChI is InChI=1S/C30H40N4O3/c1-21(2)18-27(28(35)20-34-17-16-31-25-14-8-6-12-23(25)19-34)33-30(37)24-13-7-9-15-26(24)32-29(36)22-10-4-3-5-11-22/h3-6,8,10-12,14,21,24,26-27,31H,7,9,13,15-20H2,1-2H3,(H,32,36)(H,33,37)/t24-,26+,27+/m1/s1. The smallest absolute Gasteiger partial charge is 0.251 e. The molecular formula is C30H40N4O3. The fraction of sp³-hybridized carbons (Fsp3) is 0.500. The molecule has 2 aromatic rings. The Morgan fingerprint density at radius 2 is 1.73 bits per heavy atom. The van der Waals surface area contributed by atoms with Crippen molar-refractivity contribution in [1.82, 2.24) is 15.5 Å². The van der Waals surface area contributed by atoms with Crippen LogP contribution in [0, 0.1) is 11.8 Å². The minimum absolute atomic E-state index is 0.0436. The summed E-state index contributed by atoms with van der Waals surface area (Å²) < 4.78 is 0. The van der Waals surface area contributed by atoms with Gasteiger partial charge in [0.25, 0.3) is 5.91 Å². The van der Waals surface area contributed by atoms with Gasteiger partial charge in [0.2, 0.25) is 5.91 Å². The Morgan fingerprint density at radius 3 is 2.51 bits per heavy atom. The molecule has 7 heteroatoms. The van der Waals surface area contributed by atoms with Crippen molar-refractivity contribution in [2.75, 3.05) is 25.0 Å². The number of ketones is 1. The van der Waals surface area contributed by atoms with Gasteiger partial charge in [0.15, 0.2) is 5.78 Å². The van der Waals surface area contributed by atoms with Crippen LogP contribution in [0.2, 0.25) is 0 Å². The Morgan fingerprint density at radius 1 is 1.00 bits per heavy atom. The number of carbonyl (C=O) groups excluding carboxylic acids is 3. The Kier molecular flexibility index (Phi) is 9.34. The number of nitrogens with one attached hydrogen (secondary N) is 3. The first-order chi connectivity index (χ1) is 17.9. The van der Waals surface area contributed by atoms with Crippen LogP contribution in [0.5, 0.6) is 0 Å². The molecule has 2 aromatic carbocycles. The van der Waals surface area contributed by atoms with Gasteiger partial charge < -0.3 is 16.0 Å². The molecule has 0 unspecified atom stereocenters. The number of carbonyl (C=O) groups is 3. The van der Waals surface area contributed by atoms with E-state index in [0.717, 1.165) is 38.0 Å². The first-order valence-corrected chi connectivity index (χ1v) is 13.6. The van der Waals surface area contributed by atoms with Crippen LogP contribution in [-0.4, -0.2) is 54.2 Å². The molecule has 37 heavy (non-hydrogen) atoms. The zero-order valence-corrected chi connectivity index (χ0v) is 22.0. The van der Waals surface area contributed by atoms with Crippen LogP contribution in [0.15, 0.2) is 54.6 Å². The number of hydrogen-bond acceptors (Lipinski definition) is 5. The maximum Gasteiger partial charge on any atom is 0.251 e. The second kappa shape index (κ2) is 12.9. The molecule has 7 nitrogen and oxygen atoms in total. The number of fused-ring (bicyclic) bond motifs is 1. The molecule has 1 saturated carbocycles. The van der Waals surface area contributed by atoms with Gasteiger partial charge in [-0.05, 0) is 48.9 Å². The van der Waals surface area contributed by atoms with Crippen LogP contribution in [0.3, 0.4) is 0 Å². The fourth-order valence-electron chi connectivity index (χ4n) is 5.44. The highest BCUT2D eigenvalue weighted by atomic mass is 16.2. The fourth-order valence-corrected chi connectivity index (χ4v) is 5.44. The second-order valence-electron chi connectivity index (χ2n) is 10.8. The van der Waals surface area contributed by atoms with Crippen molar-refractivity contribution < 1.29 is 14.4 Å². The van der Waals surface area contributed by atoms with E-state index < -0.39 is 6.04 Å². The number of anilines is 1. The lowest BCUT2D eigenvalue weighted by atomic mass is 9.83. The zero-order valence-electron chi connectivity index (χ0n) is 22.0. The van der Waals surface area contributed by atoms with Gasteiger partial charge in [-0.25, -0.2) is 0 Å². The lowest BCUT2D eigenvalue weighted by Crippen LogP contribution is -2.53. The third-order valence-corrected chi connectivity index (χ3v) is 7.40. The monoisotopic (exact) mass is 504 g/mol. The number of nitrogens with zero attached hydrogens (tertiary/aromatic N) is 1. The predicted octanol–water partition coefficient (Wildman–Crippen LogP) is 4.00. The second-order valence-corrected chi connectivity index (χ2v) is 10.8. The lowest BCUT2D eigenvalue weighted by Gasteiger charge is -2.33. The first kappa shape index (κ1) is 26.9. The van der Waals surface area contributed by atoms with Crippen LogP contribution < -0.4 is 16.0 Å². The van der Waals surface area contributed by atoms with E-state index in [1.54, 1.807) is 12.1 Å². The van der Waals surface area contributed by atoms with Gasteiger partial charge in [0.05, 0.1) is 18.5 Å². The van der Waals surface area contributed by atoms with E-state index in [1.165, 1.54) is 5.56 Å². The van der Waals surface area contributed by atoms with E-state index in [1.807, 2.05) is 30.3 Å². The van der Waals surface area contributed by atoms with Crippen molar-refractivity contribution in [2.24, 2.45) is 11.8 Å². The number of benzene rings is 2. The van der Waals surface area contributed by atoms with Gasteiger partial charge in [0, 0.05) is 36.9 Å². The van der Waals surface area contributed by atoms with Crippen LogP contribution in [-0.2, 0) is 16.1 Å². The average Bonchev–Trinajstić information content (AvgIpc) is 3.10. The van der Waals surface area contributed by atoms with Crippen molar-refractivity contribution in [3.63, 3.8) is 0 Å². The van der Waals surface area contributed by atoms with Gasteiger partial charge in [-0.2, -0.15) is 0 Å². The van der Waals surface area contributed by atoms with Crippen LogP contribution >= 0.6 is 0 Å². The van der Waals surface area contributed by atoms with Crippen molar-refractivity contribution >= 4 is 23.3 Å². The highest BCUT2D eigenvalue weighted by Gasteiger charge is 2.34. The van der Waals surface area contributed by atoms with Crippen LogP contribution in [0.25, 0.3) is 0 Å². The molecule has 0 saturated heterocycles. The minimum Gasteiger partial charge on any atom is -0.383 e. The molecule has 198 valence electrons. The Balaban J connectivity index is 1.40. The predicted molar refractivity (Wildman–Crippen MR) is 146 cm³/mol. The largest absolute Gasteiger partial charge is 0.383 e. The maximum absolute atomic E-state index is 13.5. The van der Waals surface area contributed by atoms with E-state index in [-0.39, 0.29) is 35.5 Å². The summed E-state index contributed by atoms with van der Waals surface area (Å²) in [6.07, 6.45) is 3.99. The highest BCUT2D eigenvalue weighted by Crippen LogP contribution is 2.26. The molecule has 0 aromatic heterocycles. The van der Waals surface area contributed by atoms with E-state index in [2.05, 4.69) is 46.8 Å². The average molecular weight is 505 g/mol. The summed E-state index contributed by atoms with van der Waals surface area (Å²) in [5.74, 6) is -0.309. The number of para-hydroxylation sites is 1. The minimum atomic E-state index is -0.536. The Hall–Kier alpha value is -3.19. The summed E-state index contributed by atoms with van der Waals surface area (Å²) in [6.45, 7) is 6.68. The Labute approximate surface area is 220 Å². The molecule has 3 atom stereocenters. The molecule has 0 bridgehead atoms. The summed E-state index contributed by atoms with van der Waals surface area (Å²) in [5.41, 5.74) is 2.88. The molecule has 1 fully saturated rings. The molecule has 1 heterocycles. The van der Waals surface area contributed by atoms with E-state index in [0.29, 0.717) is 31.5 Å². The molecular weight excluding hydrogens is 464 g/mol.